The molecule has 3 nitrogen and oxygen atoms in total. The Morgan fingerprint density at radius 2 is 2.31 bits per heavy atom. The smallest absolute Gasteiger partial charge is 0.117 e. The first kappa shape index (κ1) is 13.2. The Bertz CT molecular complexity index is 346. The number of amidine groups is 1. The Balaban J connectivity index is 0.00000128. The summed E-state index contributed by atoms with van der Waals surface area (Å²) in [6.45, 7) is 0.941. The topological polar surface area (TPSA) is 36.8 Å². The van der Waals surface area contributed by atoms with Crippen LogP contribution >= 0.6 is 23.7 Å². The molecule has 2 rings (SSSR count). The number of hydrogen-bond acceptors (Lipinski definition) is 4. The van der Waals surface area contributed by atoms with Crippen molar-refractivity contribution in [3.05, 3.63) is 22.4 Å². The van der Waals surface area contributed by atoms with Crippen LogP contribution in [-0.2, 0) is 0 Å². The number of hydrazone groups is 1. The van der Waals surface area contributed by atoms with Crippen molar-refractivity contribution in [1.82, 2.24) is 5.43 Å². The van der Waals surface area contributed by atoms with Gasteiger partial charge in [0.2, 0.25) is 0 Å². The number of aliphatic imine (C=N–C) groups is 1. The van der Waals surface area contributed by atoms with Crippen molar-refractivity contribution in [1.29, 1.82) is 0 Å². The highest BCUT2D eigenvalue weighted by atomic mass is 35.5. The van der Waals surface area contributed by atoms with Gasteiger partial charge in [-0.2, -0.15) is 5.10 Å². The number of thiophene rings is 1. The van der Waals surface area contributed by atoms with Crippen LogP contribution in [0, 0.1) is 0 Å². The van der Waals surface area contributed by atoms with Gasteiger partial charge < -0.3 is 0 Å². The minimum absolute atomic E-state index is 0. The molecule has 2 heterocycles. The lowest BCUT2D eigenvalue weighted by molar-refractivity contribution is 0.729. The minimum atomic E-state index is 0. The Hall–Kier alpha value is -0.870. The first-order valence-corrected chi connectivity index (χ1v) is 6.19. The van der Waals surface area contributed by atoms with Crippen molar-refractivity contribution in [3.63, 3.8) is 0 Å². The summed E-state index contributed by atoms with van der Waals surface area (Å²) < 4.78 is 0. The van der Waals surface area contributed by atoms with Gasteiger partial charge in [0.05, 0.1) is 6.21 Å². The summed E-state index contributed by atoms with van der Waals surface area (Å²) >= 11 is 1.68. The fourth-order valence-corrected chi connectivity index (χ4v) is 2.09. The molecule has 0 aromatic carbocycles. The standard InChI is InChI=1S/C11H15N3S.ClH/c1-2-6-11(12-7-3-1)14-13-9-10-5-4-8-15-10;/h4-5,8-9H,1-3,6-7H2,(H,12,14);1H/b13-9+;. The molecule has 0 saturated carbocycles. The molecule has 0 fully saturated rings. The van der Waals surface area contributed by atoms with Gasteiger partial charge in [-0.1, -0.05) is 12.5 Å². The maximum absolute atomic E-state index is 4.44. The van der Waals surface area contributed by atoms with Crippen LogP contribution in [0.4, 0.5) is 0 Å². The number of nitrogens with one attached hydrogen (secondary N) is 1. The van der Waals surface area contributed by atoms with Crippen molar-refractivity contribution >= 4 is 35.8 Å². The summed E-state index contributed by atoms with van der Waals surface area (Å²) in [5.74, 6) is 1.03. The van der Waals surface area contributed by atoms with E-state index >= 15 is 0 Å². The van der Waals surface area contributed by atoms with E-state index in [1.807, 2.05) is 23.7 Å². The molecular formula is C11H16ClN3S. The zero-order chi connectivity index (χ0) is 10.3. The quantitative estimate of drug-likeness (QED) is 0.642. The summed E-state index contributed by atoms with van der Waals surface area (Å²) in [7, 11) is 0. The van der Waals surface area contributed by atoms with Crippen molar-refractivity contribution in [2.24, 2.45) is 10.1 Å². The van der Waals surface area contributed by atoms with Crippen molar-refractivity contribution in [3.8, 4) is 0 Å². The highest BCUT2D eigenvalue weighted by Gasteiger charge is 2.01. The third-order valence-electron chi connectivity index (χ3n) is 2.30. The van der Waals surface area contributed by atoms with E-state index in [0.29, 0.717) is 0 Å². The fourth-order valence-electron chi connectivity index (χ4n) is 1.50. The first-order valence-electron chi connectivity index (χ1n) is 5.31. The molecular weight excluding hydrogens is 242 g/mol. The third-order valence-corrected chi connectivity index (χ3v) is 3.11. The monoisotopic (exact) mass is 257 g/mol. The molecule has 0 unspecified atom stereocenters. The predicted molar refractivity (Wildman–Crippen MR) is 73.1 cm³/mol. The van der Waals surface area contributed by atoms with Crippen molar-refractivity contribution in [2.45, 2.75) is 25.7 Å². The van der Waals surface area contributed by atoms with E-state index < -0.39 is 0 Å². The second kappa shape index (κ2) is 7.41. The Morgan fingerprint density at radius 3 is 3.12 bits per heavy atom. The van der Waals surface area contributed by atoms with Gasteiger partial charge in [0.15, 0.2) is 0 Å². The van der Waals surface area contributed by atoms with Gasteiger partial charge in [-0.15, -0.1) is 23.7 Å². The zero-order valence-electron chi connectivity index (χ0n) is 9.06. The molecule has 1 aromatic heterocycles. The van der Waals surface area contributed by atoms with Crippen LogP contribution < -0.4 is 5.43 Å². The third kappa shape index (κ3) is 4.33. The van der Waals surface area contributed by atoms with E-state index in [-0.39, 0.29) is 12.4 Å². The second-order valence-electron chi connectivity index (χ2n) is 3.52. The van der Waals surface area contributed by atoms with E-state index in [1.165, 1.54) is 19.3 Å². The zero-order valence-corrected chi connectivity index (χ0v) is 10.7. The minimum Gasteiger partial charge on any atom is -0.271 e. The van der Waals surface area contributed by atoms with Gasteiger partial charge >= 0.3 is 0 Å². The Morgan fingerprint density at radius 1 is 1.38 bits per heavy atom. The normalized spacial score (nSPS) is 16.4. The van der Waals surface area contributed by atoms with Gasteiger partial charge in [-0.3, -0.25) is 10.4 Å². The van der Waals surface area contributed by atoms with Crippen LogP contribution in [0.2, 0.25) is 0 Å². The number of halogens is 1. The lowest BCUT2D eigenvalue weighted by Gasteiger charge is -2.00. The molecule has 88 valence electrons. The van der Waals surface area contributed by atoms with E-state index in [0.717, 1.165) is 23.7 Å². The van der Waals surface area contributed by atoms with Crippen LogP contribution in [0.15, 0.2) is 27.6 Å². The highest BCUT2D eigenvalue weighted by Crippen LogP contribution is 2.06. The van der Waals surface area contributed by atoms with Crippen molar-refractivity contribution in [2.75, 3.05) is 6.54 Å². The molecule has 1 N–H and O–H groups in total. The van der Waals surface area contributed by atoms with Gasteiger partial charge in [-0.25, -0.2) is 0 Å². The van der Waals surface area contributed by atoms with Gasteiger partial charge in [-0.05, 0) is 24.3 Å². The van der Waals surface area contributed by atoms with Gasteiger partial charge in [0, 0.05) is 17.8 Å². The number of hydrogen-bond donors (Lipinski definition) is 1. The summed E-state index contributed by atoms with van der Waals surface area (Å²) in [5, 5.41) is 6.23. The lowest BCUT2D eigenvalue weighted by Crippen LogP contribution is -2.17. The molecule has 0 radical (unpaired) electrons. The Kier molecular flexibility index (Phi) is 6.11. The Labute approximate surface area is 106 Å². The maximum atomic E-state index is 4.44. The predicted octanol–water partition coefficient (Wildman–Crippen LogP) is 3.07. The lowest BCUT2D eigenvalue weighted by atomic mass is 10.2. The molecule has 1 aliphatic heterocycles. The van der Waals surface area contributed by atoms with Crippen molar-refractivity contribution < 1.29 is 0 Å². The van der Waals surface area contributed by atoms with Crippen LogP contribution in [0.25, 0.3) is 0 Å². The molecule has 5 heteroatoms. The first-order chi connectivity index (χ1) is 7.45. The number of nitrogens with zero attached hydrogens (tertiary/aromatic N) is 2. The molecule has 0 aliphatic carbocycles. The molecule has 0 spiro atoms. The SMILES string of the molecule is C(=N\NC1=NCCCCC1)/c1cccs1.Cl. The average Bonchev–Trinajstić information content (AvgIpc) is 2.62. The van der Waals surface area contributed by atoms with E-state index in [4.69, 9.17) is 0 Å². The van der Waals surface area contributed by atoms with E-state index in [2.05, 4.69) is 15.5 Å². The van der Waals surface area contributed by atoms with Crippen LogP contribution in [-0.4, -0.2) is 18.6 Å². The molecule has 1 aromatic rings. The summed E-state index contributed by atoms with van der Waals surface area (Å²) in [6, 6.07) is 4.07. The molecule has 0 saturated heterocycles. The fraction of sp³-hybridized carbons (Fsp3) is 0.455. The van der Waals surface area contributed by atoms with Crippen LogP contribution in [0.5, 0.6) is 0 Å². The van der Waals surface area contributed by atoms with Crippen LogP contribution in [0.1, 0.15) is 30.6 Å². The van der Waals surface area contributed by atoms with E-state index in [1.54, 1.807) is 11.3 Å². The number of rotatable bonds is 2. The molecule has 0 atom stereocenters. The highest BCUT2D eigenvalue weighted by molar-refractivity contribution is 7.11. The summed E-state index contributed by atoms with van der Waals surface area (Å²) in [4.78, 5) is 5.60. The van der Waals surface area contributed by atoms with E-state index in [9.17, 15) is 0 Å². The molecule has 0 amide bonds. The van der Waals surface area contributed by atoms with Gasteiger partial charge in [0.1, 0.15) is 5.84 Å². The molecule has 0 bridgehead atoms. The second-order valence-corrected chi connectivity index (χ2v) is 4.50. The van der Waals surface area contributed by atoms with Gasteiger partial charge in [0.25, 0.3) is 0 Å². The summed E-state index contributed by atoms with van der Waals surface area (Å²) in [6.07, 6.45) is 6.59. The maximum Gasteiger partial charge on any atom is 0.117 e. The van der Waals surface area contributed by atoms with Crippen LogP contribution in [0.3, 0.4) is 0 Å². The molecule has 1 aliphatic rings. The largest absolute Gasteiger partial charge is 0.271 e. The average molecular weight is 258 g/mol. The summed E-state index contributed by atoms with van der Waals surface area (Å²) in [5.41, 5.74) is 3.03. The molecule has 16 heavy (non-hydrogen) atoms.